The number of hydrogen-bond donors (Lipinski definition) is 2. The minimum atomic E-state index is 0.0729. The maximum atomic E-state index is 5.73. The first kappa shape index (κ1) is 12.0. The van der Waals surface area contributed by atoms with Crippen molar-refractivity contribution in [3.63, 3.8) is 0 Å². The number of nitrogens with two attached hydrogens (primary N) is 1. The average Bonchev–Trinajstić information content (AvgIpc) is 2.97. The number of hydrazine groups is 1. The molecule has 3 N–H and O–H groups in total. The molecular formula is C16H16N2O. The molecule has 1 unspecified atom stereocenters. The Kier molecular flexibility index (Phi) is 3.31. The Morgan fingerprint density at radius 2 is 1.89 bits per heavy atom. The van der Waals surface area contributed by atoms with E-state index in [1.54, 1.807) is 12.5 Å². The molecule has 1 heterocycles. The van der Waals surface area contributed by atoms with Gasteiger partial charge in [-0.05, 0) is 34.4 Å². The fourth-order valence-corrected chi connectivity index (χ4v) is 2.46. The van der Waals surface area contributed by atoms with Crippen LogP contribution in [0.15, 0.2) is 65.5 Å². The molecule has 0 aliphatic carbocycles. The molecule has 1 atom stereocenters. The van der Waals surface area contributed by atoms with E-state index >= 15 is 0 Å². The summed E-state index contributed by atoms with van der Waals surface area (Å²) in [5, 5.41) is 2.46. The lowest BCUT2D eigenvalue weighted by Crippen LogP contribution is -2.29. The molecule has 19 heavy (non-hydrogen) atoms. The summed E-state index contributed by atoms with van der Waals surface area (Å²) in [6.07, 6.45) is 4.25. The molecule has 0 amide bonds. The normalized spacial score (nSPS) is 12.7. The minimum Gasteiger partial charge on any atom is -0.472 e. The van der Waals surface area contributed by atoms with Gasteiger partial charge in [0.15, 0.2) is 0 Å². The number of rotatable bonds is 4. The molecule has 3 aromatic rings. The highest BCUT2D eigenvalue weighted by Gasteiger charge is 2.13. The zero-order valence-electron chi connectivity index (χ0n) is 10.5. The van der Waals surface area contributed by atoms with Gasteiger partial charge in [0, 0.05) is 0 Å². The van der Waals surface area contributed by atoms with E-state index in [2.05, 4.69) is 41.8 Å². The van der Waals surface area contributed by atoms with Crippen molar-refractivity contribution in [1.29, 1.82) is 0 Å². The number of fused-ring (bicyclic) bond motifs is 1. The lowest BCUT2D eigenvalue weighted by molar-refractivity contribution is 0.538. The molecule has 3 heteroatoms. The third kappa shape index (κ3) is 2.38. The summed E-state index contributed by atoms with van der Waals surface area (Å²) < 4.78 is 5.11. The van der Waals surface area contributed by atoms with Crippen molar-refractivity contribution < 1.29 is 4.42 Å². The predicted octanol–water partition coefficient (Wildman–Crippen LogP) is 3.18. The number of hydrogen-bond acceptors (Lipinski definition) is 3. The van der Waals surface area contributed by atoms with Crippen molar-refractivity contribution in [3.05, 3.63) is 72.2 Å². The zero-order chi connectivity index (χ0) is 13.1. The Morgan fingerprint density at radius 3 is 2.68 bits per heavy atom. The van der Waals surface area contributed by atoms with Gasteiger partial charge in [-0.3, -0.25) is 11.3 Å². The van der Waals surface area contributed by atoms with Gasteiger partial charge in [-0.2, -0.15) is 0 Å². The van der Waals surface area contributed by atoms with Gasteiger partial charge in [0.05, 0.1) is 18.6 Å². The van der Waals surface area contributed by atoms with Crippen LogP contribution in [-0.2, 0) is 6.42 Å². The summed E-state index contributed by atoms with van der Waals surface area (Å²) in [5.74, 6) is 5.73. The van der Waals surface area contributed by atoms with Crippen molar-refractivity contribution >= 4 is 10.8 Å². The van der Waals surface area contributed by atoms with Gasteiger partial charge in [-0.1, -0.05) is 42.5 Å². The monoisotopic (exact) mass is 252 g/mol. The topological polar surface area (TPSA) is 51.2 Å². The first-order valence-corrected chi connectivity index (χ1v) is 6.33. The van der Waals surface area contributed by atoms with E-state index in [1.807, 2.05) is 12.1 Å². The fourth-order valence-electron chi connectivity index (χ4n) is 2.46. The van der Waals surface area contributed by atoms with E-state index in [4.69, 9.17) is 10.3 Å². The van der Waals surface area contributed by atoms with E-state index in [0.717, 1.165) is 12.0 Å². The third-order valence-corrected chi connectivity index (χ3v) is 3.42. The molecule has 3 rings (SSSR count). The summed E-state index contributed by atoms with van der Waals surface area (Å²) >= 11 is 0. The van der Waals surface area contributed by atoms with Crippen molar-refractivity contribution in [3.8, 4) is 0 Å². The summed E-state index contributed by atoms with van der Waals surface area (Å²) in [5.41, 5.74) is 5.25. The summed E-state index contributed by atoms with van der Waals surface area (Å²) in [6, 6.07) is 16.7. The van der Waals surface area contributed by atoms with Crippen LogP contribution < -0.4 is 11.3 Å². The molecule has 0 bridgehead atoms. The average molecular weight is 252 g/mol. The second-order valence-electron chi connectivity index (χ2n) is 4.62. The molecule has 0 saturated heterocycles. The summed E-state index contributed by atoms with van der Waals surface area (Å²) in [4.78, 5) is 0. The Morgan fingerprint density at radius 1 is 1.05 bits per heavy atom. The summed E-state index contributed by atoms with van der Waals surface area (Å²) in [6.45, 7) is 0. The number of nitrogens with one attached hydrogen (secondary N) is 1. The SMILES string of the molecule is NNC(Cc1ccoc1)c1cccc2ccccc12. The van der Waals surface area contributed by atoms with E-state index in [0.29, 0.717) is 0 Å². The molecule has 2 aromatic carbocycles. The van der Waals surface area contributed by atoms with Gasteiger partial charge in [-0.25, -0.2) is 0 Å². The van der Waals surface area contributed by atoms with Gasteiger partial charge in [0.25, 0.3) is 0 Å². The van der Waals surface area contributed by atoms with E-state index < -0.39 is 0 Å². The van der Waals surface area contributed by atoms with Crippen LogP contribution in [0.5, 0.6) is 0 Å². The zero-order valence-corrected chi connectivity index (χ0v) is 10.5. The second-order valence-corrected chi connectivity index (χ2v) is 4.62. The molecule has 96 valence electrons. The van der Waals surface area contributed by atoms with Crippen LogP contribution in [0.1, 0.15) is 17.2 Å². The minimum absolute atomic E-state index is 0.0729. The highest BCUT2D eigenvalue weighted by atomic mass is 16.3. The molecule has 0 aliphatic heterocycles. The van der Waals surface area contributed by atoms with Crippen molar-refractivity contribution in [2.24, 2.45) is 5.84 Å². The third-order valence-electron chi connectivity index (χ3n) is 3.42. The highest BCUT2D eigenvalue weighted by Crippen LogP contribution is 2.26. The first-order chi connectivity index (χ1) is 9.38. The second kappa shape index (κ2) is 5.26. The van der Waals surface area contributed by atoms with Gasteiger partial charge < -0.3 is 4.42 Å². The van der Waals surface area contributed by atoms with Crippen LogP contribution in [0, 0.1) is 0 Å². The molecule has 3 nitrogen and oxygen atoms in total. The van der Waals surface area contributed by atoms with Gasteiger partial charge >= 0.3 is 0 Å². The predicted molar refractivity (Wildman–Crippen MR) is 76.4 cm³/mol. The maximum absolute atomic E-state index is 5.73. The smallest absolute Gasteiger partial charge is 0.0935 e. The molecule has 1 aromatic heterocycles. The maximum Gasteiger partial charge on any atom is 0.0935 e. The molecule has 0 radical (unpaired) electrons. The first-order valence-electron chi connectivity index (χ1n) is 6.33. The van der Waals surface area contributed by atoms with Crippen molar-refractivity contribution in [2.45, 2.75) is 12.5 Å². The van der Waals surface area contributed by atoms with Gasteiger partial charge in [0.2, 0.25) is 0 Å². The lowest BCUT2D eigenvalue weighted by atomic mass is 9.95. The van der Waals surface area contributed by atoms with Crippen LogP contribution in [0.4, 0.5) is 0 Å². The van der Waals surface area contributed by atoms with Crippen LogP contribution >= 0.6 is 0 Å². The van der Waals surface area contributed by atoms with Gasteiger partial charge in [-0.15, -0.1) is 0 Å². The number of benzene rings is 2. The van der Waals surface area contributed by atoms with Crippen LogP contribution in [0.25, 0.3) is 10.8 Å². The lowest BCUT2D eigenvalue weighted by Gasteiger charge is -2.17. The van der Waals surface area contributed by atoms with E-state index in [-0.39, 0.29) is 6.04 Å². The van der Waals surface area contributed by atoms with Crippen LogP contribution in [-0.4, -0.2) is 0 Å². The van der Waals surface area contributed by atoms with Gasteiger partial charge in [0.1, 0.15) is 0 Å². The molecule has 0 fully saturated rings. The standard InChI is InChI=1S/C16H16N2O/c17-18-16(10-12-8-9-19-11-12)15-7-3-5-13-4-1-2-6-14(13)15/h1-9,11,16,18H,10,17H2. The Balaban J connectivity index is 2.01. The van der Waals surface area contributed by atoms with E-state index in [9.17, 15) is 0 Å². The molecule has 0 aliphatic rings. The van der Waals surface area contributed by atoms with E-state index in [1.165, 1.54) is 16.3 Å². The Hall–Kier alpha value is -2.10. The quantitative estimate of drug-likeness (QED) is 0.554. The molecule has 0 saturated carbocycles. The number of furan rings is 1. The van der Waals surface area contributed by atoms with Crippen molar-refractivity contribution in [1.82, 2.24) is 5.43 Å². The summed E-state index contributed by atoms with van der Waals surface area (Å²) in [7, 11) is 0. The highest BCUT2D eigenvalue weighted by molar-refractivity contribution is 5.86. The molecular weight excluding hydrogens is 236 g/mol. The van der Waals surface area contributed by atoms with Crippen LogP contribution in [0.2, 0.25) is 0 Å². The van der Waals surface area contributed by atoms with Crippen LogP contribution in [0.3, 0.4) is 0 Å². The molecule has 0 spiro atoms. The largest absolute Gasteiger partial charge is 0.472 e. The Labute approximate surface area is 112 Å². The fraction of sp³-hybridized carbons (Fsp3) is 0.125. The Bertz CT molecular complexity index is 656. The van der Waals surface area contributed by atoms with Crippen molar-refractivity contribution in [2.75, 3.05) is 0 Å².